The van der Waals surface area contributed by atoms with Crippen molar-refractivity contribution in [1.29, 1.82) is 0 Å². The fourth-order valence-electron chi connectivity index (χ4n) is 2.54. The van der Waals surface area contributed by atoms with Crippen LogP contribution in [0.5, 0.6) is 5.88 Å². The van der Waals surface area contributed by atoms with E-state index >= 15 is 0 Å². The van der Waals surface area contributed by atoms with Gasteiger partial charge in [0.25, 0.3) is 0 Å². The lowest BCUT2D eigenvalue weighted by Crippen LogP contribution is -2.01. The predicted molar refractivity (Wildman–Crippen MR) is 91.1 cm³/mol. The van der Waals surface area contributed by atoms with Crippen LogP contribution in [0.2, 0.25) is 0 Å². The molecule has 2 aromatic heterocycles. The van der Waals surface area contributed by atoms with Crippen molar-refractivity contribution in [1.82, 2.24) is 15.2 Å². The molecule has 3 aromatic rings. The Labute approximate surface area is 144 Å². The molecule has 2 heterocycles. The minimum absolute atomic E-state index is 0.122. The maximum absolute atomic E-state index is 14.4. The molecular weight excluding hydrogens is 324 g/mol. The van der Waals surface area contributed by atoms with E-state index in [1.54, 1.807) is 30.5 Å². The number of aromatic nitrogens is 3. The number of hydrogen-bond acceptors (Lipinski definition) is 3. The summed E-state index contributed by atoms with van der Waals surface area (Å²) < 4.78 is 34.3. The van der Waals surface area contributed by atoms with Crippen molar-refractivity contribution in [3.8, 4) is 17.1 Å². The van der Waals surface area contributed by atoms with Gasteiger partial charge in [-0.15, -0.1) is 0 Å². The number of nitrogens with zero attached hydrogens (tertiary/aromatic N) is 2. The second-order valence-electron chi connectivity index (χ2n) is 6.25. The minimum Gasteiger partial charge on any atom is -0.471 e. The predicted octanol–water partition coefficient (Wildman–Crippen LogP) is 4.53. The highest BCUT2D eigenvalue weighted by atomic mass is 19.1. The zero-order chi connectivity index (χ0) is 17.8. The van der Waals surface area contributed by atoms with Crippen LogP contribution in [0, 0.1) is 17.6 Å². The zero-order valence-electron chi connectivity index (χ0n) is 14.1. The Morgan fingerprint density at radius 1 is 1.12 bits per heavy atom. The quantitative estimate of drug-likeness (QED) is 0.715. The van der Waals surface area contributed by atoms with Gasteiger partial charge in [0, 0.05) is 17.8 Å². The van der Waals surface area contributed by atoms with Crippen LogP contribution in [0.15, 0.2) is 42.6 Å². The molecule has 1 N–H and O–H groups in total. The number of pyridine rings is 1. The summed E-state index contributed by atoms with van der Waals surface area (Å²) in [5, 5.41) is 6.61. The summed E-state index contributed by atoms with van der Waals surface area (Å²) in [6.07, 6.45) is 2.11. The average Bonchev–Trinajstić information content (AvgIpc) is 3.09. The van der Waals surface area contributed by atoms with Crippen molar-refractivity contribution < 1.29 is 13.5 Å². The van der Waals surface area contributed by atoms with Crippen molar-refractivity contribution >= 4 is 0 Å². The molecule has 0 atom stereocenters. The Morgan fingerprint density at radius 2 is 1.96 bits per heavy atom. The fraction of sp³-hybridized carbons (Fsp3) is 0.263. The number of benzene rings is 1. The summed E-state index contributed by atoms with van der Waals surface area (Å²) in [6.45, 7) is 4.20. The number of nitrogens with one attached hydrogen (secondary N) is 1. The first kappa shape index (κ1) is 17.1. The molecule has 0 aliphatic heterocycles. The van der Waals surface area contributed by atoms with Crippen LogP contribution < -0.4 is 4.74 Å². The van der Waals surface area contributed by atoms with E-state index in [9.17, 15) is 8.78 Å². The normalized spacial score (nSPS) is 11.1. The minimum atomic E-state index is -0.490. The Bertz CT molecular complexity index is 848. The van der Waals surface area contributed by atoms with Gasteiger partial charge >= 0.3 is 0 Å². The average molecular weight is 343 g/mol. The monoisotopic (exact) mass is 343 g/mol. The van der Waals surface area contributed by atoms with Gasteiger partial charge in [-0.25, -0.2) is 13.8 Å². The second-order valence-corrected chi connectivity index (χ2v) is 6.25. The summed E-state index contributed by atoms with van der Waals surface area (Å²) >= 11 is 0. The molecule has 6 heteroatoms. The molecule has 0 spiro atoms. The summed E-state index contributed by atoms with van der Waals surface area (Å²) in [4.78, 5) is 4.27. The number of ether oxygens (including phenoxy) is 1. The molecule has 0 saturated heterocycles. The Hall–Kier alpha value is -2.76. The van der Waals surface area contributed by atoms with Crippen molar-refractivity contribution in [3.05, 3.63) is 65.5 Å². The lowest BCUT2D eigenvalue weighted by atomic mass is 9.99. The van der Waals surface area contributed by atoms with E-state index < -0.39 is 11.6 Å². The van der Waals surface area contributed by atoms with Crippen molar-refractivity contribution in [2.45, 2.75) is 26.9 Å². The van der Waals surface area contributed by atoms with E-state index in [1.807, 2.05) is 13.8 Å². The molecule has 0 amide bonds. The highest BCUT2D eigenvalue weighted by molar-refractivity contribution is 5.61. The van der Waals surface area contributed by atoms with Gasteiger partial charge in [-0.05, 0) is 42.2 Å². The maximum atomic E-state index is 14.4. The Morgan fingerprint density at radius 3 is 2.68 bits per heavy atom. The van der Waals surface area contributed by atoms with Gasteiger partial charge in [-0.3, -0.25) is 5.10 Å². The highest BCUT2D eigenvalue weighted by Gasteiger charge is 2.14. The second kappa shape index (κ2) is 7.42. The molecule has 0 unspecified atom stereocenters. The van der Waals surface area contributed by atoms with Crippen molar-refractivity contribution in [3.63, 3.8) is 0 Å². The molecule has 25 heavy (non-hydrogen) atoms. The number of aromatic amines is 1. The van der Waals surface area contributed by atoms with E-state index in [-0.39, 0.29) is 18.1 Å². The van der Waals surface area contributed by atoms with E-state index in [0.717, 1.165) is 5.69 Å². The molecule has 0 aliphatic rings. The van der Waals surface area contributed by atoms with Gasteiger partial charge in [0.15, 0.2) is 0 Å². The number of H-pyrrole nitrogens is 1. The molecule has 4 nitrogen and oxygen atoms in total. The van der Waals surface area contributed by atoms with Crippen LogP contribution in [0.4, 0.5) is 8.78 Å². The van der Waals surface area contributed by atoms with Gasteiger partial charge in [0.2, 0.25) is 5.88 Å². The number of rotatable bonds is 6. The third kappa shape index (κ3) is 4.21. The SMILES string of the molecule is CC(C)Cc1cc(F)c(-c2cccc(OCc3ccn[nH]3)n2)cc1F. The van der Waals surface area contributed by atoms with Crippen LogP contribution in [0.3, 0.4) is 0 Å². The topological polar surface area (TPSA) is 50.8 Å². The highest BCUT2D eigenvalue weighted by Crippen LogP contribution is 2.27. The molecule has 3 rings (SSSR count). The van der Waals surface area contributed by atoms with Crippen LogP contribution in [0.25, 0.3) is 11.3 Å². The maximum Gasteiger partial charge on any atom is 0.214 e. The number of halogens is 2. The van der Waals surface area contributed by atoms with Gasteiger partial charge in [0.1, 0.15) is 18.2 Å². The van der Waals surface area contributed by atoms with Crippen LogP contribution in [-0.2, 0) is 13.0 Å². The Kier molecular flexibility index (Phi) is 5.07. The molecule has 0 bridgehead atoms. The van der Waals surface area contributed by atoms with Crippen molar-refractivity contribution in [2.24, 2.45) is 5.92 Å². The zero-order valence-corrected chi connectivity index (χ0v) is 14.1. The molecular formula is C19H19F2N3O. The lowest BCUT2D eigenvalue weighted by Gasteiger charge is -2.11. The Balaban J connectivity index is 1.84. The smallest absolute Gasteiger partial charge is 0.214 e. The first-order valence-corrected chi connectivity index (χ1v) is 8.09. The van der Waals surface area contributed by atoms with Crippen LogP contribution in [0.1, 0.15) is 25.1 Å². The summed E-state index contributed by atoms with van der Waals surface area (Å²) in [6, 6.07) is 9.24. The first-order valence-electron chi connectivity index (χ1n) is 8.09. The summed E-state index contributed by atoms with van der Waals surface area (Å²) in [7, 11) is 0. The molecule has 1 aromatic carbocycles. The third-order valence-corrected chi connectivity index (χ3v) is 3.70. The van der Waals surface area contributed by atoms with Gasteiger partial charge in [-0.1, -0.05) is 19.9 Å². The molecule has 0 radical (unpaired) electrons. The van der Waals surface area contributed by atoms with E-state index in [0.29, 0.717) is 23.6 Å². The van der Waals surface area contributed by atoms with Crippen LogP contribution >= 0.6 is 0 Å². The summed E-state index contributed by atoms with van der Waals surface area (Å²) in [5.74, 6) is -0.332. The summed E-state index contributed by atoms with van der Waals surface area (Å²) in [5.41, 5.74) is 1.62. The largest absolute Gasteiger partial charge is 0.471 e. The molecule has 0 fully saturated rings. The number of hydrogen-bond donors (Lipinski definition) is 1. The van der Waals surface area contributed by atoms with Gasteiger partial charge in [0.05, 0.1) is 11.4 Å². The molecule has 0 saturated carbocycles. The van der Waals surface area contributed by atoms with Gasteiger partial charge < -0.3 is 4.74 Å². The standard InChI is InChI=1S/C19H19F2N3O/c1-12(2)8-13-9-17(21)15(10-16(13)20)18-4-3-5-19(23-18)25-11-14-6-7-22-24-14/h3-7,9-10,12H,8,11H2,1-2H3,(H,22,24). The lowest BCUT2D eigenvalue weighted by molar-refractivity contribution is 0.289. The third-order valence-electron chi connectivity index (χ3n) is 3.70. The first-order chi connectivity index (χ1) is 12.0. The van der Waals surface area contributed by atoms with Crippen LogP contribution in [-0.4, -0.2) is 15.2 Å². The van der Waals surface area contributed by atoms with Gasteiger partial charge in [-0.2, -0.15) is 5.10 Å². The fourth-order valence-corrected chi connectivity index (χ4v) is 2.54. The van der Waals surface area contributed by atoms with E-state index in [2.05, 4.69) is 15.2 Å². The van der Waals surface area contributed by atoms with Crippen molar-refractivity contribution in [2.75, 3.05) is 0 Å². The molecule has 130 valence electrons. The van der Waals surface area contributed by atoms with E-state index in [4.69, 9.17) is 4.74 Å². The van der Waals surface area contributed by atoms with E-state index in [1.165, 1.54) is 12.1 Å². The molecule has 0 aliphatic carbocycles.